The van der Waals surface area contributed by atoms with E-state index in [2.05, 4.69) is 20.3 Å². The molecule has 0 aliphatic heterocycles. The fourth-order valence-corrected chi connectivity index (χ4v) is 2.85. The minimum absolute atomic E-state index is 0.00594. The van der Waals surface area contributed by atoms with Crippen LogP contribution in [-0.2, 0) is 0 Å². The molecule has 0 bridgehead atoms. The first kappa shape index (κ1) is 16.7. The average Bonchev–Trinajstić information content (AvgIpc) is 3.46. The van der Waals surface area contributed by atoms with E-state index < -0.39 is 11.9 Å². The van der Waals surface area contributed by atoms with Crippen molar-refractivity contribution in [3.63, 3.8) is 0 Å². The molecule has 1 fully saturated rings. The van der Waals surface area contributed by atoms with E-state index in [9.17, 15) is 9.59 Å². The molecular formula is C18H17N7O2. The zero-order valence-corrected chi connectivity index (χ0v) is 14.3. The van der Waals surface area contributed by atoms with Crippen molar-refractivity contribution in [2.75, 3.05) is 10.2 Å². The second kappa shape index (κ2) is 6.52. The Morgan fingerprint density at radius 1 is 1.11 bits per heavy atom. The summed E-state index contributed by atoms with van der Waals surface area (Å²) in [4.78, 5) is 37.7. The highest BCUT2D eigenvalue weighted by molar-refractivity contribution is 5.97. The number of amides is 3. The number of hydrogen-bond donors (Lipinski definition) is 3. The fourth-order valence-electron chi connectivity index (χ4n) is 2.85. The Kier molecular flexibility index (Phi) is 4.03. The third kappa shape index (κ3) is 3.34. The van der Waals surface area contributed by atoms with Crippen LogP contribution >= 0.6 is 0 Å². The molecule has 1 aliphatic rings. The van der Waals surface area contributed by atoms with Crippen LogP contribution in [0.4, 0.5) is 22.1 Å². The molecule has 1 saturated carbocycles. The summed E-state index contributed by atoms with van der Waals surface area (Å²) < 4.78 is 0. The lowest BCUT2D eigenvalue weighted by Crippen LogP contribution is -2.38. The number of rotatable bonds is 5. The number of carbonyl (C=O) groups is 2. The second-order valence-corrected chi connectivity index (χ2v) is 6.27. The maximum Gasteiger partial charge on any atom is 0.320 e. The molecule has 0 saturated heterocycles. The van der Waals surface area contributed by atoms with E-state index in [1.54, 1.807) is 6.20 Å². The van der Waals surface area contributed by atoms with Crippen molar-refractivity contribution in [1.29, 1.82) is 0 Å². The highest BCUT2D eigenvalue weighted by Gasteiger charge is 2.34. The normalized spacial score (nSPS) is 13.3. The van der Waals surface area contributed by atoms with E-state index in [0.29, 0.717) is 5.69 Å². The van der Waals surface area contributed by atoms with Crippen LogP contribution < -0.4 is 21.7 Å². The van der Waals surface area contributed by atoms with Crippen LogP contribution in [0.2, 0.25) is 0 Å². The summed E-state index contributed by atoms with van der Waals surface area (Å²) in [6.07, 6.45) is 4.64. The smallest absolute Gasteiger partial charge is 0.320 e. The Morgan fingerprint density at radius 3 is 2.59 bits per heavy atom. The van der Waals surface area contributed by atoms with Crippen molar-refractivity contribution in [1.82, 2.24) is 15.0 Å². The van der Waals surface area contributed by atoms with Crippen molar-refractivity contribution < 1.29 is 9.59 Å². The van der Waals surface area contributed by atoms with E-state index in [0.717, 1.165) is 23.7 Å². The summed E-state index contributed by atoms with van der Waals surface area (Å²) in [5.41, 5.74) is 12.3. The van der Waals surface area contributed by atoms with Gasteiger partial charge in [-0.05, 0) is 25.0 Å². The molecule has 0 radical (unpaired) electrons. The van der Waals surface area contributed by atoms with Crippen LogP contribution in [0.15, 0.2) is 42.7 Å². The Bertz CT molecular complexity index is 1050. The van der Waals surface area contributed by atoms with E-state index in [1.807, 2.05) is 30.3 Å². The van der Waals surface area contributed by atoms with Crippen molar-refractivity contribution in [3.05, 3.63) is 48.4 Å². The van der Waals surface area contributed by atoms with Crippen molar-refractivity contribution in [3.8, 4) is 0 Å². The highest BCUT2D eigenvalue weighted by Crippen LogP contribution is 2.31. The van der Waals surface area contributed by atoms with Gasteiger partial charge in [-0.1, -0.05) is 18.2 Å². The molecule has 1 aliphatic carbocycles. The van der Waals surface area contributed by atoms with Gasteiger partial charge < -0.3 is 16.8 Å². The number of para-hydroxylation sites is 1. The summed E-state index contributed by atoms with van der Waals surface area (Å²) in [7, 11) is 0. The summed E-state index contributed by atoms with van der Waals surface area (Å²) in [6, 6.07) is 8.89. The Labute approximate surface area is 154 Å². The molecule has 2 heterocycles. The van der Waals surface area contributed by atoms with Crippen LogP contribution in [0.3, 0.4) is 0 Å². The van der Waals surface area contributed by atoms with Crippen LogP contribution in [0.1, 0.15) is 23.3 Å². The predicted octanol–water partition coefficient (Wildman–Crippen LogP) is 1.91. The summed E-state index contributed by atoms with van der Waals surface area (Å²) in [5.74, 6) is -0.322. The fraction of sp³-hybridized carbons (Fsp3) is 0.167. The van der Waals surface area contributed by atoms with Gasteiger partial charge in [0.05, 0.1) is 23.6 Å². The van der Waals surface area contributed by atoms with Gasteiger partial charge in [0.25, 0.3) is 5.91 Å². The molecule has 9 heteroatoms. The number of hydrogen-bond acceptors (Lipinski definition) is 6. The summed E-state index contributed by atoms with van der Waals surface area (Å²) in [6.45, 7) is 0. The third-order valence-corrected chi connectivity index (χ3v) is 4.24. The van der Waals surface area contributed by atoms with E-state index in [-0.39, 0.29) is 23.4 Å². The first-order valence-electron chi connectivity index (χ1n) is 8.40. The number of aromatic nitrogens is 3. The minimum Gasteiger partial charge on any atom is -0.364 e. The van der Waals surface area contributed by atoms with Crippen molar-refractivity contribution >= 4 is 40.2 Å². The molecule has 3 aromatic rings. The topological polar surface area (TPSA) is 140 Å². The number of nitrogens with zero attached hydrogens (tertiary/aromatic N) is 4. The van der Waals surface area contributed by atoms with Gasteiger partial charge in [-0.25, -0.2) is 14.8 Å². The number of anilines is 3. The molecule has 3 amide bonds. The van der Waals surface area contributed by atoms with Gasteiger partial charge in [0, 0.05) is 11.4 Å². The number of primary amides is 2. The van der Waals surface area contributed by atoms with Gasteiger partial charge in [0.1, 0.15) is 0 Å². The van der Waals surface area contributed by atoms with Gasteiger partial charge in [-0.3, -0.25) is 14.7 Å². The largest absolute Gasteiger partial charge is 0.364 e. The molecule has 2 aromatic heterocycles. The molecule has 27 heavy (non-hydrogen) atoms. The Morgan fingerprint density at radius 2 is 1.89 bits per heavy atom. The van der Waals surface area contributed by atoms with E-state index in [1.165, 1.54) is 11.1 Å². The third-order valence-electron chi connectivity index (χ3n) is 4.24. The average molecular weight is 363 g/mol. The lowest BCUT2D eigenvalue weighted by Gasteiger charge is -2.20. The second-order valence-electron chi connectivity index (χ2n) is 6.27. The number of urea groups is 1. The number of fused-ring (bicyclic) bond motifs is 1. The molecule has 1 aromatic carbocycles. The SMILES string of the molecule is NC(=O)c1ncc(N(C(N)=O)C2CC2)nc1Nc1cnc2ccccc2c1. The maximum atomic E-state index is 11.8. The van der Waals surface area contributed by atoms with E-state index in [4.69, 9.17) is 11.5 Å². The predicted molar refractivity (Wildman–Crippen MR) is 101 cm³/mol. The standard InChI is InChI=1S/C18H17N7O2/c19-16(26)15-17(23-11-7-10-3-1-2-4-13(10)21-8-11)24-14(9-22-15)25(18(20)27)12-5-6-12/h1-4,7-9,12H,5-6H2,(H2,19,26)(H2,20,27)(H,23,24). The Balaban J connectivity index is 1.73. The lowest BCUT2D eigenvalue weighted by molar-refractivity contribution is 0.0996. The number of pyridine rings is 1. The van der Waals surface area contributed by atoms with Crippen LogP contribution in [0, 0.1) is 0 Å². The van der Waals surface area contributed by atoms with Gasteiger partial charge >= 0.3 is 6.03 Å². The van der Waals surface area contributed by atoms with Crippen LogP contribution in [0.5, 0.6) is 0 Å². The lowest BCUT2D eigenvalue weighted by atomic mass is 10.2. The first-order chi connectivity index (χ1) is 13.0. The van der Waals surface area contributed by atoms with Gasteiger partial charge in [-0.2, -0.15) is 0 Å². The van der Waals surface area contributed by atoms with Crippen molar-refractivity contribution in [2.24, 2.45) is 11.5 Å². The maximum absolute atomic E-state index is 11.8. The quantitative estimate of drug-likeness (QED) is 0.632. The number of nitrogens with one attached hydrogen (secondary N) is 1. The molecule has 0 atom stereocenters. The summed E-state index contributed by atoms with van der Waals surface area (Å²) in [5, 5.41) is 3.94. The molecule has 0 unspecified atom stereocenters. The molecule has 9 nitrogen and oxygen atoms in total. The molecule has 136 valence electrons. The molecule has 0 spiro atoms. The van der Waals surface area contributed by atoms with Gasteiger partial charge in [-0.15, -0.1) is 0 Å². The number of nitrogens with two attached hydrogens (primary N) is 2. The first-order valence-corrected chi connectivity index (χ1v) is 8.40. The van der Waals surface area contributed by atoms with Gasteiger partial charge in [0.2, 0.25) is 0 Å². The zero-order valence-electron chi connectivity index (χ0n) is 14.3. The van der Waals surface area contributed by atoms with Gasteiger partial charge in [0.15, 0.2) is 17.3 Å². The Hall–Kier alpha value is -3.75. The summed E-state index contributed by atoms with van der Waals surface area (Å²) >= 11 is 0. The molecule has 5 N–H and O–H groups in total. The van der Waals surface area contributed by atoms with Crippen LogP contribution in [0.25, 0.3) is 10.9 Å². The van der Waals surface area contributed by atoms with Crippen molar-refractivity contribution in [2.45, 2.75) is 18.9 Å². The molecular weight excluding hydrogens is 346 g/mol. The number of benzene rings is 1. The minimum atomic E-state index is -0.734. The highest BCUT2D eigenvalue weighted by atomic mass is 16.2. The zero-order chi connectivity index (χ0) is 19.0. The number of carbonyl (C=O) groups excluding carboxylic acids is 2. The monoisotopic (exact) mass is 363 g/mol. The van der Waals surface area contributed by atoms with E-state index >= 15 is 0 Å². The van der Waals surface area contributed by atoms with Crippen LogP contribution in [-0.4, -0.2) is 32.9 Å². The molecule has 4 rings (SSSR count).